The summed E-state index contributed by atoms with van der Waals surface area (Å²) >= 11 is 1.22. The van der Waals surface area contributed by atoms with Crippen molar-refractivity contribution in [3.63, 3.8) is 0 Å². The van der Waals surface area contributed by atoms with E-state index in [-0.39, 0.29) is 6.61 Å². The molecule has 0 unspecified atom stereocenters. The Balaban J connectivity index is 2.66. The zero-order valence-corrected chi connectivity index (χ0v) is 8.02. The minimum absolute atomic E-state index is 0.373. The molecule has 0 aromatic heterocycles. The molecule has 1 aliphatic rings. The molecule has 78 valence electrons. The van der Waals surface area contributed by atoms with Crippen molar-refractivity contribution in [2.45, 2.75) is 29.9 Å². The summed E-state index contributed by atoms with van der Waals surface area (Å²) in [5, 5.41) is 36.8. The van der Waals surface area contributed by atoms with Gasteiger partial charge in [0.15, 0.2) is 0 Å². The van der Waals surface area contributed by atoms with Gasteiger partial charge in [-0.1, -0.05) is 0 Å². The van der Waals surface area contributed by atoms with Crippen LogP contribution in [0.4, 0.5) is 0 Å². The smallest absolute Gasteiger partial charge is 0.132 e. The van der Waals surface area contributed by atoms with E-state index in [1.807, 2.05) is 0 Å². The molecule has 0 aromatic carbocycles. The Hall–Kier alpha value is 0.150. The highest BCUT2D eigenvalue weighted by Gasteiger charge is 2.42. The van der Waals surface area contributed by atoms with Crippen LogP contribution in [0.3, 0.4) is 0 Å². The Morgan fingerprint density at radius 2 is 1.77 bits per heavy atom. The predicted octanol–water partition coefficient (Wildman–Crippen LogP) is -1.85. The predicted molar refractivity (Wildman–Crippen MR) is 47.3 cm³/mol. The van der Waals surface area contributed by atoms with Crippen LogP contribution in [0.1, 0.15) is 0 Å². The molecule has 13 heavy (non-hydrogen) atoms. The first kappa shape index (κ1) is 11.2. The number of thioether (sulfide) groups is 1. The number of hydrogen-bond donors (Lipinski definition) is 4. The number of ether oxygens (including phenoxy) is 1. The third-order valence-electron chi connectivity index (χ3n) is 2.08. The fourth-order valence-corrected chi connectivity index (χ4v) is 1.96. The molecule has 1 fully saturated rings. The van der Waals surface area contributed by atoms with Gasteiger partial charge in [-0.25, -0.2) is 0 Å². The molecule has 5 atom stereocenters. The molecule has 0 aliphatic carbocycles. The van der Waals surface area contributed by atoms with Crippen LogP contribution in [0.5, 0.6) is 0 Å². The van der Waals surface area contributed by atoms with Crippen molar-refractivity contribution in [2.75, 3.05) is 12.9 Å². The van der Waals surface area contributed by atoms with Crippen molar-refractivity contribution >= 4 is 11.8 Å². The van der Waals surface area contributed by atoms with Crippen LogP contribution in [-0.4, -0.2) is 63.1 Å². The Kier molecular flexibility index (Phi) is 3.96. The molecule has 0 bridgehead atoms. The van der Waals surface area contributed by atoms with Gasteiger partial charge in [0.05, 0.1) is 6.61 Å². The first-order valence-electron chi connectivity index (χ1n) is 3.95. The molecule has 0 amide bonds. The summed E-state index contributed by atoms with van der Waals surface area (Å²) < 4.78 is 5.13. The number of aliphatic hydroxyl groups excluding tert-OH is 4. The van der Waals surface area contributed by atoms with Gasteiger partial charge in [-0.05, 0) is 6.26 Å². The fourth-order valence-electron chi connectivity index (χ4n) is 1.26. The number of aliphatic hydroxyl groups is 4. The summed E-state index contributed by atoms with van der Waals surface area (Å²) in [5.41, 5.74) is -0.601. The van der Waals surface area contributed by atoms with E-state index in [1.54, 1.807) is 6.26 Å². The summed E-state index contributed by atoms with van der Waals surface area (Å²) in [6, 6.07) is 0. The van der Waals surface area contributed by atoms with Gasteiger partial charge in [-0.2, -0.15) is 0 Å². The van der Waals surface area contributed by atoms with Gasteiger partial charge in [0.1, 0.15) is 29.9 Å². The van der Waals surface area contributed by atoms with E-state index < -0.39 is 29.9 Å². The quantitative estimate of drug-likeness (QED) is 0.428. The van der Waals surface area contributed by atoms with Gasteiger partial charge in [-0.3, -0.25) is 0 Å². The lowest BCUT2D eigenvalue weighted by Crippen LogP contribution is -2.57. The Morgan fingerprint density at radius 1 is 1.15 bits per heavy atom. The minimum atomic E-state index is -1.26. The molecule has 6 heteroatoms. The SMILES string of the molecule is CS[C@@H]1O[C@@H](CO)[C@@H](O)[C@@H](O)[C@@H]1O. The molecule has 0 aromatic rings. The lowest BCUT2D eigenvalue weighted by molar-refractivity contribution is -0.205. The molecule has 4 N–H and O–H groups in total. The second-order valence-electron chi connectivity index (χ2n) is 2.93. The molecule has 1 aliphatic heterocycles. The first-order valence-corrected chi connectivity index (χ1v) is 5.24. The highest BCUT2D eigenvalue weighted by Crippen LogP contribution is 2.26. The molecule has 0 spiro atoms. The highest BCUT2D eigenvalue weighted by molar-refractivity contribution is 7.99. The molecule has 1 heterocycles. The zero-order valence-electron chi connectivity index (χ0n) is 7.20. The van der Waals surface area contributed by atoms with E-state index in [4.69, 9.17) is 9.84 Å². The molecule has 1 saturated heterocycles. The van der Waals surface area contributed by atoms with E-state index in [0.29, 0.717) is 0 Å². The maximum atomic E-state index is 9.38. The average Bonchev–Trinajstić information content (AvgIpc) is 2.15. The summed E-state index contributed by atoms with van der Waals surface area (Å²) in [5.74, 6) is 0. The van der Waals surface area contributed by atoms with E-state index in [9.17, 15) is 15.3 Å². The van der Waals surface area contributed by atoms with Gasteiger partial charge >= 0.3 is 0 Å². The highest BCUT2D eigenvalue weighted by atomic mass is 32.2. The lowest BCUT2D eigenvalue weighted by Gasteiger charge is -2.39. The van der Waals surface area contributed by atoms with Crippen molar-refractivity contribution in [3.05, 3.63) is 0 Å². The minimum Gasteiger partial charge on any atom is -0.394 e. The van der Waals surface area contributed by atoms with Crippen molar-refractivity contribution in [1.29, 1.82) is 0 Å². The lowest BCUT2D eigenvalue weighted by atomic mass is 10.0. The van der Waals surface area contributed by atoms with Crippen molar-refractivity contribution in [2.24, 2.45) is 0 Å². The van der Waals surface area contributed by atoms with Crippen molar-refractivity contribution in [1.82, 2.24) is 0 Å². The molecule has 1 rings (SSSR count). The molecular formula is C7H14O5S. The summed E-state index contributed by atoms with van der Waals surface area (Å²) in [6.45, 7) is -0.373. The van der Waals surface area contributed by atoms with Gasteiger partial charge in [0.25, 0.3) is 0 Å². The third-order valence-corrected chi connectivity index (χ3v) is 2.94. The second-order valence-corrected chi connectivity index (χ2v) is 3.87. The topological polar surface area (TPSA) is 90.2 Å². The monoisotopic (exact) mass is 210 g/mol. The standard InChI is InChI=1S/C7H14O5S/c1-13-7-6(11)5(10)4(9)3(2-8)12-7/h3-11H,2H2,1H3/t3-,4+,5+,6-,7-/m0/s1. The van der Waals surface area contributed by atoms with Crippen LogP contribution in [0, 0.1) is 0 Å². The van der Waals surface area contributed by atoms with Crippen LogP contribution in [-0.2, 0) is 4.74 Å². The molecule has 0 saturated carbocycles. The van der Waals surface area contributed by atoms with Crippen LogP contribution < -0.4 is 0 Å². The van der Waals surface area contributed by atoms with Gasteiger partial charge < -0.3 is 25.2 Å². The molecular weight excluding hydrogens is 196 g/mol. The van der Waals surface area contributed by atoms with Crippen molar-refractivity contribution < 1.29 is 25.2 Å². The Morgan fingerprint density at radius 3 is 2.23 bits per heavy atom. The average molecular weight is 210 g/mol. The summed E-state index contributed by atoms with van der Waals surface area (Å²) in [6.07, 6.45) is -2.72. The zero-order chi connectivity index (χ0) is 10.0. The van der Waals surface area contributed by atoms with Gasteiger partial charge in [0.2, 0.25) is 0 Å². The van der Waals surface area contributed by atoms with Crippen LogP contribution in [0.15, 0.2) is 0 Å². The molecule has 0 radical (unpaired) electrons. The second kappa shape index (κ2) is 4.59. The third kappa shape index (κ3) is 2.15. The van der Waals surface area contributed by atoms with E-state index >= 15 is 0 Å². The first-order chi connectivity index (χ1) is 6.11. The summed E-state index contributed by atoms with van der Waals surface area (Å²) in [7, 11) is 0. The van der Waals surface area contributed by atoms with Crippen molar-refractivity contribution in [3.8, 4) is 0 Å². The van der Waals surface area contributed by atoms with Crippen LogP contribution in [0.2, 0.25) is 0 Å². The number of hydrogen-bond acceptors (Lipinski definition) is 6. The normalized spacial score (nSPS) is 46.4. The van der Waals surface area contributed by atoms with E-state index in [1.165, 1.54) is 11.8 Å². The fraction of sp³-hybridized carbons (Fsp3) is 1.00. The number of rotatable bonds is 2. The Bertz CT molecular complexity index is 147. The maximum absolute atomic E-state index is 9.38. The maximum Gasteiger partial charge on any atom is 0.132 e. The van der Waals surface area contributed by atoms with Crippen LogP contribution >= 0.6 is 11.8 Å². The van der Waals surface area contributed by atoms with Crippen LogP contribution in [0.25, 0.3) is 0 Å². The van der Waals surface area contributed by atoms with E-state index in [2.05, 4.69) is 0 Å². The largest absolute Gasteiger partial charge is 0.394 e. The Labute approximate surface area is 80.3 Å². The summed E-state index contributed by atoms with van der Waals surface area (Å²) in [4.78, 5) is 0. The van der Waals surface area contributed by atoms with Gasteiger partial charge in [0, 0.05) is 0 Å². The van der Waals surface area contributed by atoms with E-state index in [0.717, 1.165) is 0 Å². The van der Waals surface area contributed by atoms with Gasteiger partial charge in [-0.15, -0.1) is 11.8 Å². The molecule has 5 nitrogen and oxygen atoms in total.